The fraction of sp³-hybridized carbons (Fsp3) is 0.364. The molecule has 2 rings (SSSR count). The summed E-state index contributed by atoms with van der Waals surface area (Å²) in [6.45, 7) is 4.63. The van der Waals surface area contributed by atoms with Gasteiger partial charge in [0.2, 0.25) is 0 Å². The van der Waals surface area contributed by atoms with Gasteiger partial charge in [-0.05, 0) is 12.1 Å². The van der Waals surface area contributed by atoms with Gasteiger partial charge in [-0.3, -0.25) is 4.79 Å². The zero-order chi connectivity index (χ0) is 10.7. The van der Waals surface area contributed by atoms with E-state index in [1.165, 1.54) is 0 Å². The molecule has 0 N–H and O–H groups in total. The van der Waals surface area contributed by atoms with Gasteiger partial charge in [-0.15, -0.1) is 0 Å². The maximum atomic E-state index is 11.4. The third kappa shape index (κ3) is 1.75. The summed E-state index contributed by atoms with van der Waals surface area (Å²) >= 11 is 5.92. The number of hydrogen-bond donors (Lipinski definition) is 0. The first kappa shape index (κ1) is 11.1. The van der Waals surface area contributed by atoms with Gasteiger partial charge >= 0.3 is 0 Å². The van der Waals surface area contributed by atoms with Gasteiger partial charge in [-0.2, -0.15) is 0 Å². The summed E-state index contributed by atoms with van der Waals surface area (Å²) in [4.78, 5) is 13.1. The molecule has 3 heteroatoms. The molecule has 0 atom stereocenters. The molecular formula is C11H14ClNO. The number of carbonyl (C=O) groups is 1. The van der Waals surface area contributed by atoms with Crippen LogP contribution < -0.4 is 0 Å². The van der Waals surface area contributed by atoms with Gasteiger partial charge in [0.05, 0.1) is 0 Å². The second-order valence-electron chi connectivity index (χ2n) is 2.93. The van der Waals surface area contributed by atoms with Crippen molar-refractivity contribution in [2.45, 2.75) is 20.4 Å². The number of hydrogen-bond acceptors (Lipinski definition) is 1. The zero-order valence-electron chi connectivity index (χ0n) is 8.67. The lowest BCUT2D eigenvalue weighted by atomic mass is 10.1. The lowest BCUT2D eigenvalue weighted by molar-refractivity contribution is 0.0816. The monoisotopic (exact) mass is 211 g/mol. The molecule has 0 fully saturated rings. The largest absolute Gasteiger partial charge is 0.337 e. The fourth-order valence-electron chi connectivity index (χ4n) is 1.43. The first-order chi connectivity index (χ1) is 6.70. The number of amides is 1. The van der Waals surface area contributed by atoms with Gasteiger partial charge in [0.1, 0.15) is 0 Å². The molecule has 0 aliphatic carbocycles. The van der Waals surface area contributed by atoms with Crippen LogP contribution in [0.1, 0.15) is 29.8 Å². The van der Waals surface area contributed by atoms with Crippen molar-refractivity contribution in [3.05, 3.63) is 34.3 Å². The summed E-state index contributed by atoms with van der Waals surface area (Å²) < 4.78 is 0. The van der Waals surface area contributed by atoms with Gasteiger partial charge < -0.3 is 4.90 Å². The number of rotatable bonds is 0. The molecule has 0 radical (unpaired) electrons. The highest BCUT2D eigenvalue weighted by atomic mass is 35.5. The molecule has 0 unspecified atom stereocenters. The predicted octanol–water partition coefficient (Wildman–Crippen LogP) is 2.95. The summed E-state index contributed by atoms with van der Waals surface area (Å²) in [6, 6.07) is 5.43. The Labute approximate surface area is 89.5 Å². The Kier molecular flexibility index (Phi) is 3.53. The van der Waals surface area contributed by atoms with Crippen molar-refractivity contribution < 1.29 is 4.79 Å². The van der Waals surface area contributed by atoms with Crippen molar-refractivity contribution in [2.24, 2.45) is 0 Å². The van der Waals surface area contributed by atoms with E-state index in [2.05, 4.69) is 0 Å². The Bertz CT molecular complexity index is 349. The number of nitrogens with zero attached hydrogens (tertiary/aromatic N) is 1. The molecule has 0 aromatic heterocycles. The Hall–Kier alpha value is -1.02. The first-order valence-electron chi connectivity index (χ1n) is 4.73. The van der Waals surface area contributed by atoms with Gasteiger partial charge in [0.25, 0.3) is 5.91 Å². The number of carbonyl (C=O) groups excluding carboxylic acids is 1. The van der Waals surface area contributed by atoms with Crippen LogP contribution in [0.25, 0.3) is 0 Å². The number of benzene rings is 1. The van der Waals surface area contributed by atoms with Gasteiger partial charge in [0, 0.05) is 29.7 Å². The lowest BCUT2D eigenvalue weighted by Crippen LogP contribution is -2.17. The normalized spacial score (nSPS) is 13.4. The molecule has 1 amide bonds. The third-order valence-electron chi connectivity index (χ3n) is 2.09. The van der Waals surface area contributed by atoms with E-state index in [1.807, 2.05) is 26.0 Å². The van der Waals surface area contributed by atoms with E-state index in [1.54, 1.807) is 18.0 Å². The second-order valence-corrected chi connectivity index (χ2v) is 3.33. The van der Waals surface area contributed by atoms with Crippen molar-refractivity contribution in [3.63, 3.8) is 0 Å². The zero-order valence-corrected chi connectivity index (χ0v) is 9.43. The van der Waals surface area contributed by atoms with Crippen LogP contribution >= 0.6 is 11.6 Å². The maximum Gasteiger partial charge on any atom is 0.254 e. The Morgan fingerprint density at radius 3 is 2.57 bits per heavy atom. The lowest BCUT2D eigenvalue weighted by Gasteiger charge is -2.04. The van der Waals surface area contributed by atoms with Crippen LogP contribution in [0, 0.1) is 0 Å². The molecule has 1 aromatic rings. The van der Waals surface area contributed by atoms with E-state index in [-0.39, 0.29) is 5.91 Å². The van der Waals surface area contributed by atoms with Crippen LogP contribution in [0.5, 0.6) is 0 Å². The van der Waals surface area contributed by atoms with E-state index in [0.29, 0.717) is 11.6 Å². The standard InChI is InChI=1S/C9H8ClNO.C2H6/c1-11-5-7-6(9(11)12)3-2-4-8(7)10;1-2/h2-4H,5H2,1H3;1-2H3. The topological polar surface area (TPSA) is 20.3 Å². The second kappa shape index (κ2) is 4.47. The average molecular weight is 212 g/mol. The Balaban J connectivity index is 0.000000461. The number of fused-ring (bicyclic) bond motifs is 1. The van der Waals surface area contributed by atoms with E-state index < -0.39 is 0 Å². The van der Waals surface area contributed by atoms with Crippen molar-refractivity contribution in [1.29, 1.82) is 0 Å². The highest BCUT2D eigenvalue weighted by Gasteiger charge is 2.25. The van der Waals surface area contributed by atoms with Gasteiger partial charge in [-0.1, -0.05) is 31.5 Å². The van der Waals surface area contributed by atoms with Crippen molar-refractivity contribution in [1.82, 2.24) is 4.90 Å². The number of halogens is 1. The average Bonchev–Trinajstić information content (AvgIpc) is 2.50. The summed E-state index contributed by atoms with van der Waals surface area (Å²) in [7, 11) is 1.78. The molecule has 0 saturated carbocycles. The maximum absolute atomic E-state index is 11.4. The molecule has 0 bridgehead atoms. The molecule has 1 heterocycles. The van der Waals surface area contributed by atoms with Crippen LogP contribution in [0.2, 0.25) is 5.02 Å². The Morgan fingerprint density at radius 1 is 1.36 bits per heavy atom. The summed E-state index contributed by atoms with van der Waals surface area (Å²) in [6.07, 6.45) is 0. The molecule has 0 spiro atoms. The summed E-state index contributed by atoms with van der Waals surface area (Å²) in [5.41, 5.74) is 1.69. The molecule has 2 nitrogen and oxygen atoms in total. The van der Waals surface area contributed by atoms with E-state index in [4.69, 9.17) is 11.6 Å². The van der Waals surface area contributed by atoms with Crippen molar-refractivity contribution >= 4 is 17.5 Å². The van der Waals surface area contributed by atoms with Crippen LogP contribution in [-0.2, 0) is 6.54 Å². The van der Waals surface area contributed by atoms with Crippen LogP contribution in [0.3, 0.4) is 0 Å². The molecule has 1 aliphatic heterocycles. The SMILES string of the molecule is CC.CN1Cc2c(Cl)cccc2C1=O. The van der Waals surface area contributed by atoms with Crippen LogP contribution in [-0.4, -0.2) is 17.9 Å². The summed E-state index contributed by atoms with van der Waals surface area (Å²) in [5.74, 6) is 0.0625. The Morgan fingerprint density at radius 2 is 2.00 bits per heavy atom. The first-order valence-corrected chi connectivity index (χ1v) is 5.11. The van der Waals surface area contributed by atoms with E-state index in [9.17, 15) is 4.79 Å². The minimum atomic E-state index is 0.0625. The van der Waals surface area contributed by atoms with Crippen LogP contribution in [0.4, 0.5) is 0 Å². The molecule has 1 aliphatic rings. The fourth-order valence-corrected chi connectivity index (χ4v) is 1.67. The van der Waals surface area contributed by atoms with Crippen molar-refractivity contribution in [3.8, 4) is 0 Å². The minimum absolute atomic E-state index is 0.0625. The quantitative estimate of drug-likeness (QED) is 0.646. The third-order valence-corrected chi connectivity index (χ3v) is 2.45. The molecule has 1 aromatic carbocycles. The molecule has 76 valence electrons. The molecule has 14 heavy (non-hydrogen) atoms. The van der Waals surface area contributed by atoms with Gasteiger partial charge in [-0.25, -0.2) is 0 Å². The van der Waals surface area contributed by atoms with E-state index in [0.717, 1.165) is 11.1 Å². The van der Waals surface area contributed by atoms with Crippen LogP contribution in [0.15, 0.2) is 18.2 Å². The molecular weight excluding hydrogens is 198 g/mol. The van der Waals surface area contributed by atoms with E-state index >= 15 is 0 Å². The predicted molar refractivity (Wildman–Crippen MR) is 58.6 cm³/mol. The summed E-state index contributed by atoms with van der Waals surface area (Å²) in [5, 5.41) is 0.685. The molecule has 0 saturated heterocycles. The minimum Gasteiger partial charge on any atom is -0.337 e. The van der Waals surface area contributed by atoms with Gasteiger partial charge in [0.15, 0.2) is 0 Å². The smallest absolute Gasteiger partial charge is 0.254 e. The highest BCUT2D eigenvalue weighted by Crippen LogP contribution is 2.27. The van der Waals surface area contributed by atoms with Crippen molar-refractivity contribution in [2.75, 3.05) is 7.05 Å². The highest BCUT2D eigenvalue weighted by molar-refractivity contribution is 6.32.